The number of fused-ring (bicyclic) bond motifs is 9. The molecule has 1 aromatic heterocycles. The highest BCUT2D eigenvalue weighted by Gasteiger charge is 2.45. The molecule has 6 aromatic rings. The van der Waals surface area contributed by atoms with E-state index in [0.29, 0.717) is 5.82 Å². The van der Waals surface area contributed by atoms with Crippen molar-refractivity contribution in [3.8, 4) is 16.9 Å². The lowest BCUT2D eigenvalue weighted by Gasteiger charge is -2.37. The van der Waals surface area contributed by atoms with Crippen molar-refractivity contribution in [3.63, 3.8) is 0 Å². The van der Waals surface area contributed by atoms with Gasteiger partial charge in [-0.05, 0) is 51.9 Å². The summed E-state index contributed by atoms with van der Waals surface area (Å²) in [7, 11) is 0. The fraction of sp³-hybridized carbons (Fsp3) is 0.111. The first-order valence-electron chi connectivity index (χ1n) is 13.5. The molecule has 8 rings (SSSR count). The highest BCUT2D eigenvalue weighted by atomic mass is 19.1. The molecule has 0 amide bonds. The number of rotatable bonds is 2. The molecule has 0 saturated carbocycles. The van der Waals surface area contributed by atoms with Gasteiger partial charge in [-0.1, -0.05) is 98.8 Å². The number of benzene rings is 5. The molecular formula is C36H25FN2O. The van der Waals surface area contributed by atoms with Gasteiger partial charge in [-0.3, -0.25) is 0 Å². The Morgan fingerprint density at radius 3 is 2.35 bits per heavy atom. The molecule has 0 saturated heterocycles. The molecule has 0 radical (unpaired) electrons. The minimum Gasteiger partial charge on any atom is -0.469 e. The van der Waals surface area contributed by atoms with Crippen LogP contribution < -0.4 is 4.74 Å². The Hall–Kier alpha value is -4.83. The third kappa shape index (κ3) is 3.05. The number of aromatic nitrogens is 2. The van der Waals surface area contributed by atoms with Crippen molar-refractivity contribution in [2.24, 2.45) is 0 Å². The summed E-state index contributed by atoms with van der Waals surface area (Å²) >= 11 is 0. The third-order valence-electron chi connectivity index (χ3n) is 8.54. The first-order valence-corrected chi connectivity index (χ1v) is 13.5. The smallest absolute Gasteiger partial charge is 0.212 e. The van der Waals surface area contributed by atoms with E-state index >= 15 is 0 Å². The Kier molecular flexibility index (Phi) is 4.67. The molecule has 0 spiro atoms. The van der Waals surface area contributed by atoms with Crippen LogP contribution in [0.3, 0.4) is 0 Å². The molecular weight excluding hydrogens is 495 g/mol. The zero-order chi connectivity index (χ0) is 27.1. The Bertz CT molecular complexity index is 2030. The Balaban J connectivity index is 1.45. The van der Waals surface area contributed by atoms with Crippen molar-refractivity contribution >= 4 is 27.8 Å². The molecule has 192 valence electrons. The molecule has 1 atom stereocenters. The Morgan fingerprint density at radius 2 is 1.50 bits per heavy atom. The van der Waals surface area contributed by atoms with E-state index in [0.717, 1.165) is 38.6 Å². The Labute approximate surface area is 231 Å². The van der Waals surface area contributed by atoms with Gasteiger partial charge in [-0.2, -0.15) is 0 Å². The van der Waals surface area contributed by atoms with Gasteiger partial charge < -0.3 is 4.74 Å². The largest absolute Gasteiger partial charge is 0.469 e. The molecule has 1 unspecified atom stereocenters. The number of para-hydroxylation sites is 1. The van der Waals surface area contributed by atoms with Gasteiger partial charge in [0.25, 0.3) is 0 Å². The second kappa shape index (κ2) is 8.09. The average Bonchev–Trinajstić information content (AvgIpc) is 3.24. The van der Waals surface area contributed by atoms with Crippen LogP contribution in [0.2, 0.25) is 0 Å². The standard InChI is InChI=1S/C36H25FN2O/c1-35(2)29-13-7-6-12-27(29)31-25-10-4-5-11-26(25)33-28(32(31)35)19-20-36(40-33,23-15-17-24(37)18-16-23)34-38-21-22-9-3-8-14-30(22)39-34/h3-21H,1-2H3. The summed E-state index contributed by atoms with van der Waals surface area (Å²) in [5, 5.41) is 3.13. The lowest BCUT2D eigenvalue weighted by molar-refractivity contribution is 0.153. The topological polar surface area (TPSA) is 35.0 Å². The van der Waals surface area contributed by atoms with Crippen LogP contribution in [0, 0.1) is 5.82 Å². The van der Waals surface area contributed by atoms with Gasteiger partial charge >= 0.3 is 0 Å². The molecule has 40 heavy (non-hydrogen) atoms. The lowest BCUT2D eigenvalue weighted by Crippen LogP contribution is -2.37. The highest BCUT2D eigenvalue weighted by molar-refractivity contribution is 6.08. The minimum absolute atomic E-state index is 0.219. The number of ether oxygens (including phenoxy) is 1. The molecule has 1 aliphatic carbocycles. The second-order valence-electron chi connectivity index (χ2n) is 11.1. The second-order valence-corrected chi connectivity index (χ2v) is 11.1. The van der Waals surface area contributed by atoms with Gasteiger partial charge in [0.15, 0.2) is 5.82 Å². The van der Waals surface area contributed by atoms with Crippen LogP contribution in [0.15, 0.2) is 109 Å². The zero-order valence-electron chi connectivity index (χ0n) is 22.2. The van der Waals surface area contributed by atoms with Crippen LogP contribution in [-0.4, -0.2) is 9.97 Å². The van der Waals surface area contributed by atoms with Crippen LogP contribution in [0.1, 0.15) is 41.9 Å². The van der Waals surface area contributed by atoms with Crippen molar-refractivity contribution in [2.45, 2.75) is 24.9 Å². The van der Waals surface area contributed by atoms with Crippen LogP contribution in [-0.2, 0) is 11.0 Å². The van der Waals surface area contributed by atoms with Crippen molar-refractivity contribution in [2.75, 3.05) is 0 Å². The van der Waals surface area contributed by atoms with E-state index in [1.807, 2.05) is 36.5 Å². The average molecular weight is 521 g/mol. The van der Waals surface area contributed by atoms with Crippen molar-refractivity contribution in [1.82, 2.24) is 9.97 Å². The summed E-state index contributed by atoms with van der Waals surface area (Å²) in [5.41, 5.74) is 6.39. The van der Waals surface area contributed by atoms with E-state index in [1.54, 1.807) is 12.1 Å². The fourth-order valence-electron chi connectivity index (χ4n) is 6.65. The predicted octanol–water partition coefficient (Wildman–Crippen LogP) is 8.58. The molecule has 0 N–H and O–H groups in total. The summed E-state index contributed by atoms with van der Waals surface area (Å²) < 4.78 is 21.3. The molecule has 2 heterocycles. The Morgan fingerprint density at radius 1 is 0.775 bits per heavy atom. The van der Waals surface area contributed by atoms with Gasteiger partial charge in [0.2, 0.25) is 5.60 Å². The van der Waals surface area contributed by atoms with Gasteiger partial charge in [0.05, 0.1) is 5.52 Å². The molecule has 5 aromatic carbocycles. The van der Waals surface area contributed by atoms with Crippen LogP contribution >= 0.6 is 0 Å². The predicted molar refractivity (Wildman–Crippen MR) is 158 cm³/mol. The fourth-order valence-corrected chi connectivity index (χ4v) is 6.65. The first-order chi connectivity index (χ1) is 19.5. The maximum absolute atomic E-state index is 14.1. The molecule has 0 bridgehead atoms. The van der Waals surface area contributed by atoms with E-state index < -0.39 is 5.60 Å². The molecule has 3 nitrogen and oxygen atoms in total. The van der Waals surface area contributed by atoms with Gasteiger partial charge in [-0.15, -0.1) is 0 Å². The summed E-state index contributed by atoms with van der Waals surface area (Å²) in [5.74, 6) is 0.993. The third-order valence-corrected chi connectivity index (χ3v) is 8.54. The zero-order valence-corrected chi connectivity index (χ0v) is 22.2. The number of hydrogen-bond donors (Lipinski definition) is 0. The van der Waals surface area contributed by atoms with Crippen molar-refractivity contribution < 1.29 is 9.13 Å². The maximum atomic E-state index is 14.1. The van der Waals surface area contributed by atoms with E-state index in [9.17, 15) is 4.39 Å². The van der Waals surface area contributed by atoms with Crippen LogP contribution in [0.25, 0.3) is 38.9 Å². The molecule has 4 heteroatoms. The SMILES string of the molecule is CC1(C)c2ccccc2-c2c1c1c(c3ccccc23)OC(c2ccc(F)cc2)(c2ncc3ccccc3n2)C=C1. The van der Waals surface area contributed by atoms with Gasteiger partial charge in [0, 0.05) is 33.5 Å². The van der Waals surface area contributed by atoms with E-state index in [1.165, 1.54) is 34.4 Å². The van der Waals surface area contributed by atoms with E-state index in [4.69, 9.17) is 14.7 Å². The van der Waals surface area contributed by atoms with Crippen molar-refractivity contribution in [1.29, 1.82) is 0 Å². The normalized spacial score (nSPS) is 18.3. The lowest BCUT2D eigenvalue weighted by atomic mass is 9.77. The summed E-state index contributed by atoms with van der Waals surface area (Å²) in [6.07, 6.45) is 6.04. The maximum Gasteiger partial charge on any atom is 0.212 e. The van der Waals surface area contributed by atoms with Gasteiger partial charge in [-0.25, -0.2) is 14.4 Å². The summed E-state index contributed by atoms with van der Waals surface area (Å²) in [6, 6.07) is 31.5. The number of nitrogens with zero attached hydrogens (tertiary/aromatic N) is 2. The molecule has 0 fully saturated rings. The van der Waals surface area contributed by atoms with E-state index in [2.05, 4.69) is 68.5 Å². The molecule has 2 aliphatic rings. The monoisotopic (exact) mass is 520 g/mol. The quantitative estimate of drug-likeness (QED) is 0.229. The summed E-state index contributed by atoms with van der Waals surface area (Å²) in [6.45, 7) is 4.57. The van der Waals surface area contributed by atoms with Crippen LogP contribution in [0.4, 0.5) is 4.39 Å². The first kappa shape index (κ1) is 23.1. The van der Waals surface area contributed by atoms with Crippen molar-refractivity contribution in [3.05, 3.63) is 143 Å². The number of hydrogen-bond acceptors (Lipinski definition) is 3. The summed E-state index contributed by atoms with van der Waals surface area (Å²) in [4.78, 5) is 9.78. The highest BCUT2D eigenvalue weighted by Crippen LogP contribution is 2.57. The van der Waals surface area contributed by atoms with E-state index in [-0.39, 0.29) is 11.2 Å². The molecule has 1 aliphatic heterocycles. The number of halogens is 1. The minimum atomic E-state index is -1.14. The van der Waals surface area contributed by atoms with Gasteiger partial charge in [0.1, 0.15) is 11.6 Å². The van der Waals surface area contributed by atoms with Crippen LogP contribution in [0.5, 0.6) is 5.75 Å².